The summed E-state index contributed by atoms with van der Waals surface area (Å²) in [5.41, 5.74) is 0.726. The Morgan fingerprint density at radius 3 is 2.24 bits per heavy atom. The Morgan fingerprint density at radius 1 is 1.18 bits per heavy atom. The zero-order valence-electron chi connectivity index (χ0n) is 9.92. The second-order valence-electron chi connectivity index (χ2n) is 4.04. The predicted octanol–water partition coefficient (Wildman–Crippen LogP) is 0.552. The molecule has 6 heteroatoms. The minimum Gasteiger partial charge on any atom is -0.394 e. The van der Waals surface area contributed by atoms with Crippen molar-refractivity contribution >= 4 is 10.2 Å². The molecule has 3 N–H and O–H groups in total. The van der Waals surface area contributed by atoms with Crippen LogP contribution in [0.3, 0.4) is 0 Å². The van der Waals surface area contributed by atoms with E-state index < -0.39 is 16.3 Å². The molecule has 0 aromatic heterocycles. The zero-order valence-corrected chi connectivity index (χ0v) is 10.7. The number of aliphatic hydroxyl groups is 1. The van der Waals surface area contributed by atoms with Crippen molar-refractivity contribution in [2.75, 3.05) is 6.61 Å². The molecule has 0 aliphatic rings. The Labute approximate surface area is 102 Å². The van der Waals surface area contributed by atoms with Gasteiger partial charge in [0, 0.05) is 6.04 Å². The molecular weight excluding hydrogens is 240 g/mol. The van der Waals surface area contributed by atoms with E-state index in [1.54, 1.807) is 38.1 Å². The summed E-state index contributed by atoms with van der Waals surface area (Å²) in [6, 6.07) is 8.12. The van der Waals surface area contributed by atoms with Crippen molar-refractivity contribution in [1.82, 2.24) is 9.44 Å². The summed E-state index contributed by atoms with van der Waals surface area (Å²) < 4.78 is 28.1. The number of hydrogen-bond acceptors (Lipinski definition) is 3. The third kappa shape index (κ3) is 4.82. The van der Waals surface area contributed by atoms with Crippen LogP contribution in [0.25, 0.3) is 0 Å². The molecule has 96 valence electrons. The fraction of sp³-hybridized carbons (Fsp3) is 0.455. The molecule has 1 aromatic carbocycles. The van der Waals surface area contributed by atoms with Crippen molar-refractivity contribution in [1.29, 1.82) is 0 Å². The second-order valence-corrected chi connectivity index (χ2v) is 5.52. The average Bonchev–Trinajstić information content (AvgIpc) is 2.25. The predicted molar refractivity (Wildman–Crippen MR) is 66.6 cm³/mol. The van der Waals surface area contributed by atoms with Crippen molar-refractivity contribution in [3.05, 3.63) is 35.9 Å². The Morgan fingerprint density at radius 2 is 1.76 bits per heavy atom. The maximum absolute atomic E-state index is 11.7. The van der Waals surface area contributed by atoms with Crippen LogP contribution in [0, 0.1) is 0 Å². The highest BCUT2D eigenvalue weighted by Gasteiger charge is 2.18. The van der Waals surface area contributed by atoms with Crippen LogP contribution in [0.4, 0.5) is 0 Å². The van der Waals surface area contributed by atoms with Crippen LogP contribution in [-0.2, 0) is 10.2 Å². The van der Waals surface area contributed by atoms with Gasteiger partial charge in [-0.05, 0) is 19.4 Å². The monoisotopic (exact) mass is 258 g/mol. The van der Waals surface area contributed by atoms with Gasteiger partial charge in [-0.1, -0.05) is 30.3 Å². The van der Waals surface area contributed by atoms with Gasteiger partial charge in [-0.15, -0.1) is 0 Å². The number of rotatable bonds is 6. The molecule has 0 fully saturated rings. The molecule has 5 nitrogen and oxygen atoms in total. The van der Waals surface area contributed by atoms with E-state index in [0.29, 0.717) is 0 Å². The SMILES string of the molecule is CC(C)NS(=O)(=O)N[C@@H](CO)c1ccccc1. The third-order valence-corrected chi connectivity index (χ3v) is 3.45. The van der Waals surface area contributed by atoms with Gasteiger partial charge in [0.05, 0.1) is 12.6 Å². The first-order valence-corrected chi connectivity index (χ1v) is 6.88. The lowest BCUT2D eigenvalue weighted by atomic mass is 10.1. The lowest BCUT2D eigenvalue weighted by Gasteiger charge is -2.18. The summed E-state index contributed by atoms with van der Waals surface area (Å²) in [6.07, 6.45) is 0. The highest BCUT2D eigenvalue weighted by Crippen LogP contribution is 2.12. The molecule has 1 rings (SSSR count). The number of hydrogen-bond donors (Lipinski definition) is 3. The summed E-state index contributed by atoms with van der Waals surface area (Å²) in [7, 11) is -3.60. The van der Waals surface area contributed by atoms with Gasteiger partial charge in [0.15, 0.2) is 0 Å². The maximum atomic E-state index is 11.7. The summed E-state index contributed by atoms with van der Waals surface area (Å²) in [5, 5.41) is 9.22. The molecule has 0 bridgehead atoms. The molecule has 0 amide bonds. The maximum Gasteiger partial charge on any atom is 0.277 e. The van der Waals surface area contributed by atoms with Gasteiger partial charge in [-0.25, -0.2) is 0 Å². The first-order chi connectivity index (χ1) is 7.94. The minimum absolute atomic E-state index is 0.192. The van der Waals surface area contributed by atoms with Crippen LogP contribution < -0.4 is 9.44 Å². The van der Waals surface area contributed by atoms with Crippen molar-refractivity contribution in [3.63, 3.8) is 0 Å². The van der Waals surface area contributed by atoms with Crippen LogP contribution in [0.5, 0.6) is 0 Å². The van der Waals surface area contributed by atoms with Gasteiger partial charge in [0.25, 0.3) is 10.2 Å². The number of nitrogens with one attached hydrogen (secondary N) is 2. The summed E-state index contributed by atoms with van der Waals surface area (Å²) in [6.45, 7) is 3.18. The highest BCUT2D eigenvalue weighted by atomic mass is 32.2. The van der Waals surface area contributed by atoms with Gasteiger partial charge < -0.3 is 5.11 Å². The minimum atomic E-state index is -3.60. The van der Waals surface area contributed by atoms with Crippen LogP contribution in [-0.4, -0.2) is 26.2 Å². The van der Waals surface area contributed by atoms with Crippen LogP contribution in [0.2, 0.25) is 0 Å². The van der Waals surface area contributed by atoms with E-state index >= 15 is 0 Å². The summed E-state index contributed by atoms with van der Waals surface area (Å²) in [4.78, 5) is 0. The fourth-order valence-electron chi connectivity index (χ4n) is 1.43. The molecule has 0 aliphatic heterocycles. The van der Waals surface area contributed by atoms with Crippen LogP contribution in [0.15, 0.2) is 30.3 Å². The van der Waals surface area contributed by atoms with Gasteiger partial charge >= 0.3 is 0 Å². The smallest absolute Gasteiger partial charge is 0.277 e. The Hall–Kier alpha value is -0.950. The van der Waals surface area contributed by atoms with Gasteiger partial charge in [0.2, 0.25) is 0 Å². The van der Waals surface area contributed by atoms with Crippen molar-refractivity contribution in [2.24, 2.45) is 0 Å². The largest absolute Gasteiger partial charge is 0.394 e. The third-order valence-electron chi connectivity index (χ3n) is 2.07. The Kier molecular flexibility index (Phi) is 5.07. The van der Waals surface area contributed by atoms with E-state index in [1.807, 2.05) is 6.07 Å². The molecule has 1 atom stereocenters. The quantitative estimate of drug-likeness (QED) is 0.697. The number of aliphatic hydroxyl groups excluding tert-OH is 1. The van der Waals surface area contributed by atoms with Crippen LogP contribution in [0.1, 0.15) is 25.5 Å². The molecule has 1 aromatic rings. The zero-order chi connectivity index (χ0) is 12.9. The summed E-state index contributed by atoms with van der Waals surface area (Å²) >= 11 is 0. The number of benzene rings is 1. The van der Waals surface area contributed by atoms with E-state index in [2.05, 4.69) is 9.44 Å². The van der Waals surface area contributed by atoms with Gasteiger partial charge in [0.1, 0.15) is 0 Å². The van der Waals surface area contributed by atoms with E-state index in [1.165, 1.54) is 0 Å². The standard InChI is InChI=1S/C11H18N2O3S/c1-9(2)12-17(15,16)13-11(8-14)10-6-4-3-5-7-10/h3-7,9,11-14H,8H2,1-2H3/t11-/m0/s1. The van der Waals surface area contributed by atoms with E-state index in [9.17, 15) is 13.5 Å². The Balaban J connectivity index is 2.78. The average molecular weight is 258 g/mol. The lowest BCUT2D eigenvalue weighted by Crippen LogP contribution is -2.42. The molecule has 0 spiro atoms. The lowest BCUT2D eigenvalue weighted by molar-refractivity contribution is 0.258. The molecular formula is C11H18N2O3S. The van der Waals surface area contributed by atoms with Crippen LogP contribution >= 0.6 is 0 Å². The Bertz CT molecular complexity index is 431. The van der Waals surface area contributed by atoms with Gasteiger partial charge in [-0.3, -0.25) is 0 Å². The van der Waals surface area contributed by atoms with Gasteiger partial charge in [-0.2, -0.15) is 17.9 Å². The first kappa shape index (κ1) is 14.1. The molecule has 0 heterocycles. The van der Waals surface area contributed by atoms with Crippen molar-refractivity contribution in [3.8, 4) is 0 Å². The molecule has 0 aliphatic carbocycles. The topological polar surface area (TPSA) is 78.4 Å². The van der Waals surface area contributed by atoms with Crippen molar-refractivity contribution in [2.45, 2.75) is 25.9 Å². The molecule has 0 radical (unpaired) electrons. The molecule has 0 saturated heterocycles. The van der Waals surface area contributed by atoms with E-state index in [4.69, 9.17) is 0 Å². The van der Waals surface area contributed by atoms with Crippen molar-refractivity contribution < 1.29 is 13.5 Å². The molecule has 0 unspecified atom stereocenters. The molecule has 0 saturated carbocycles. The highest BCUT2D eigenvalue weighted by molar-refractivity contribution is 7.87. The first-order valence-electron chi connectivity index (χ1n) is 5.40. The molecule has 17 heavy (non-hydrogen) atoms. The second kappa shape index (κ2) is 6.11. The van der Waals surface area contributed by atoms with E-state index in [0.717, 1.165) is 5.56 Å². The normalized spacial score (nSPS) is 13.9. The van der Waals surface area contributed by atoms with E-state index in [-0.39, 0.29) is 12.6 Å². The fourth-order valence-corrected chi connectivity index (χ4v) is 2.70. The summed E-state index contributed by atoms with van der Waals surface area (Å²) in [5.74, 6) is 0.